The van der Waals surface area contributed by atoms with Crippen LogP contribution in [0.4, 0.5) is 8.78 Å². The minimum Gasteiger partial charge on any atom is -0.493 e. The van der Waals surface area contributed by atoms with Gasteiger partial charge >= 0.3 is 11.9 Å². The van der Waals surface area contributed by atoms with Gasteiger partial charge in [0.05, 0.1) is 33.0 Å². The molecular weight excluding hydrogens is 739 g/mol. The first-order chi connectivity index (χ1) is 27.8. The Bertz CT molecular complexity index is 1780. The van der Waals surface area contributed by atoms with Gasteiger partial charge in [-0.15, -0.1) is 0 Å². The molecule has 1 saturated carbocycles. The number of halogens is 2. The third-order valence-electron chi connectivity index (χ3n) is 11.5. The second-order valence-electron chi connectivity index (χ2n) is 16.5. The van der Waals surface area contributed by atoms with E-state index in [-0.39, 0.29) is 55.3 Å². The first kappa shape index (κ1) is 46.4. The summed E-state index contributed by atoms with van der Waals surface area (Å²) in [5, 5.41) is 19.7. The quantitative estimate of drug-likeness (QED) is 0.0559. The van der Waals surface area contributed by atoms with Crippen molar-refractivity contribution in [3.05, 3.63) is 101 Å². The molecule has 1 fully saturated rings. The lowest BCUT2D eigenvalue weighted by atomic mass is 9.77. The molecule has 0 radical (unpaired) electrons. The summed E-state index contributed by atoms with van der Waals surface area (Å²) < 4.78 is 49.4. The molecular formula is C49H64F2O7. The Labute approximate surface area is 344 Å². The van der Waals surface area contributed by atoms with Crippen molar-refractivity contribution in [1.82, 2.24) is 0 Å². The number of carbonyl (C=O) groups excluding carboxylic acids is 2. The van der Waals surface area contributed by atoms with Crippen LogP contribution in [0.15, 0.2) is 72.8 Å². The van der Waals surface area contributed by atoms with E-state index in [0.29, 0.717) is 66.0 Å². The smallest absolute Gasteiger partial charge is 0.333 e. The van der Waals surface area contributed by atoms with Crippen molar-refractivity contribution >= 4 is 11.9 Å². The second-order valence-corrected chi connectivity index (χ2v) is 16.5. The Kier molecular flexibility index (Phi) is 18.2. The van der Waals surface area contributed by atoms with E-state index in [1.807, 2.05) is 12.1 Å². The Morgan fingerprint density at radius 1 is 0.741 bits per heavy atom. The molecule has 0 atom stereocenters. The first-order valence-corrected chi connectivity index (χ1v) is 21.0. The predicted octanol–water partition coefficient (Wildman–Crippen LogP) is 11.0. The van der Waals surface area contributed by atoms with Crippen LogP contribution in [-0.4, -0.2) is 55.2 Å². The van der Waals surface area contributed by atoms with Gasteiger partial charge in [0.2, 0.25) is 0 Å². The second kappa shape index (κ2) is 22.7. The fourth-order valence-corrected chi connectivity index (χ4v) is 7.57. The Morgan fingerprint density at radius 3 is 1.74 bits per heavy atom. The lowest BCUT2D eigenvalue weighted by Gasteiger charge is -2.29. The van der Waals surface area contributed by atoms with E-state index in [1.165, 1.54) is 44.1 Å². The van der Waals surface area contributed by atoms with E-state index >= 15 is 8.78 Å². The average Bonchev–Trinajstić information content (AvgIpc) is 3.22. The number of carbonyl (C=O) groups is 2. The number of aliphatic hydroxyl groups excluding tert-OH is 2. The van der Waals surface area contributed by atoms with Crippen LogP contribution in [-0.2, 0) is 31.9 Å². The SMILES string of the molecule is C=C(C)C(=O)OCCCc1cc(-c2ccc(-c3ccc(C4CCC(CCCCC)CC4)cc3)c(F)c2F)cc(CCCOC(=O)C(=C)C)c1OCCC(C)(CO)CO. The van der Waals surface area contributed by atoms with Crippen molar-refractivity contribution in [1.29, 1.82) is 0 Å². The molecule has 2 N–H and O–H groups in total. The van der Waals surface area contributed by atoms with E-state index in [9.17, 15) is 19.8 Å². The molecule has 0 spiro atoms. The number of ether oxygens (including phenoxy) is 3. The molecule has 7 nitrogen and oxygen atoms in total. The monoisotopic (exact) mass is 802 g/mol. The third kappa shape index (κ3) is 13.1. The van der Waals surface area contributed by atoms with Crippen LogP contribution in [0, 0.1) is 23.0 Å². The van der Waals surface area contributed by atoms with E-state index in [2.05, 4.69) is 32.2 Å². The van der Waals surface area contributed by atoms with Gasteiger partial charge in [-0.05, 0) is 123 Å². The summed E-state index contributed by atoms with van der Waals surface area (Å²) in [6.07, 6.45) is 11.9. The average molecular weight is 803 g/mol. The number of hydrogen-bond donors (Lipinski definition) is 2. The largest absolute Gasteiger partial charge is 0.493 e. The zero-order chi connectivity index (χ0) is 42.2. The standard InChI is InChI=1S/C49H64F2O7/c1-7-8-9-12-35-15-17-36(18-16-35)37-19-21-38(22-20-37)42-23-24-43(45(51)44(42)50)41-29-39(13-10-26-57-47(54)33(2)3)46(56-28-25-49(6,31-52)32-53)40(30-41)14-11-27-58-48(55)34(4)5/h19-24,29-30,35-36,52-53H,2,4,7-18,25-28,31-32H2,1,3,5-6H3. The molecule has 316 valence electrons. The van der Waals surface area contributed by atoms with Crippen molar-refractivity contribution in [2.45, 2.75) is 117 Å². The summed E-state index contributed by atoms with van der Waals surface area (Å²) in [7, 11) is 0. The molecule has 1 aliphatic carbocycles. The fraction of sp³-hybridized carbons (Fsp3) is 0.510. The molecule has 0 aromatic heterocycles. The Morgan fingerprint density at radius 2 is 1.26 bits per heavy atom. The molecule has 0 aliphatic heterocycles. The Balaban J connectivity index is 1.64. The summed E-state index contributed by atoms with van der Waals surface area (Å²) in [5.74, 6) is -1.10. The molecule has 0 heterocycles. The van der Waals surface area contributed by atoms with Crippen molar-refractivity contribution in [3.8, 4) is 28.0 Å². The van der Waals surface area contributed by atoms with Gasteiger partial charge in [0.25, 0.3) is 0 Å². The van der Waals surface area contributed by atoms with E-state index in [4.69, 9.17) is 14.2 Å². The molecule has 9 heteroatoms. The molecule has 0 bridgehead atoms. The van der Waals surface area contributed by atoms with Crippen LogP contribution in [0.25, 0.3) is 22.3 Å². The van der Waals surface area contributed by atoms with Gasteiger partial charge < -0.3 is 24.4 Å². The van der Waals surface area contributed by atoms with Gasteiger partial charge in [-0.1, -0.05) is 89.1 Å². The van der Waals surface area contributed by atoms with Gasteiger partial charge in [-0.2, -0.15) is 0 Å². The van der Waals surface area contributed by atoms with Crippen molar-refractivity contribution < 1.29 is 42.8 Å². The Hall–Kier alpha value is -4.34. The van der Waals surface area contributed by atoms with E-state index in [1.54, 1.807) is 45.0 Å². The number of benzene rings is 3. The molecule has 1 aliphatic rings. The maximum absolute atomic E-state index is 16.3. The normalized spacial score (nSPS) is 15.5. The van der Waals surface area contributed by atoms with Crippen LogP contribution >= 0.6 is 0 Å². The topological polar surface area (TPSA) is 102 Å². The van der Waals surface area contributed by atoms with Crippen LogP contribution in [0.3, 0.4) is 0 Å². The number of aliphatic hydroxyl groups is 2. The number of hydrogen-bond acceptors (Lipinski definition) is 7. The number of rotatable bonds is 23. The molecule has 0 amide bonds. The zero-order valence-electron chi connectivity index (χ0n) is 35.1. The highest BCUT2D eigenvalue weighted by atomic mass is 19.2. The highest BCUT2D eigenvalue weighted by Crippen LogP contribution is 2.40. The van der Waals surface area contributed by atoms with Gasteiger partial charge in [-0.3, -0.25) is 0 Å². The minimum atomic E-state index is -0.971. The first-order valence-electron chi connectivity index (χ1n) is 21.0. The van der Waals surface area contributed by atoms with Crippen LogP contribution in [0.5, 0.6) is 5.75 Å². The van der Waals surface area contributed by atoms with Crippen molar-refractivity contribution in [2.24, 2.45) is 11.3 Å². The van der Waals surface area contributed by atoms with Crippen molar-refractivity contribution in [2.75, 3.05) is 33.0 Å². The van der Waals surface area contributed by atoms with Crippen LogP contribution in [0.1, 0.15) is 121 Å². The summed E-state index contributed by atoms with van der Waals surface area (Å²) in [4.78, 5) is 24.1. The highest BCUT2D eigenvalue weighted by molar-refractivity contribution is 5.87. The lowest BCUT2D eigenvalue weighted by molar-refractivity contribution is -0.139. The third-order valence-corrected chi connectivity index (χ3v) is 11.5. The van der Waals surface area contributed by atoms with Gasteiger partial charge in [-0.25, -0.2) is 18.4 Å². The van der Waals surface area contributed by atoms with Crippen LogP contribution < -0.4 is 4.74 Å². The molecule has 4 rings (SSSR count). The molecule has 0 unspecified atom stereocenters. The maximum atomic E-state index is 16.3. The number of esters is 2. The van der Waals surface area contributed by atoms with Crippen molar-refractivity contribution in [3.63, 3.8) is 0 Å². The number of aryl methyl sites for hydroxylation is 2. The zero-order valence-corrected chi connectivity index (χ0v) is 35.1. The van der Waals surface area contributed by atoms with Crippen LogP contribution in [0.2, 0.25) is 0 Å². The highest BCUT2D eigenvalue weighted by Gasteiger charge is 2.25. The lowest BCUT2D eigenvalue weighted by Crippen LogP contribution is -2.28. The summed E-state index contributed by atoms with van der Waals surface area (Å²) in [5.41, 5.74) is 3.71. The molecule has 58 heavy (non-hydrogen) atoms. The molecule has 3 aromatic rings. The van der Waals surface area contributed by atoms with E-state index < -0.39 is 29.0 Å². The van der Waals surface area contributed by atoms with Gasteiger partial charge in [0.1, 0.15) is 5.75 Å². The van der Waals surface area contributed by atoms with E-state index in [0.717, 1.165) is 18.8 Å². The summed E-state index contributed by atoms with van der Waals surface area (Å²) in [6.45, 7) is 14.3. The molecule has 0 saturated heterocycles. The fourth-order valence-electron chi connectivity index (χ4n) is 7.57. The predicted molar refractivity (Wildman–Crippen MR) is 227 cm³/mol. The summed E-state index contributed by atoms with van der Waals surface area (Å²) in [6, 6.07) is 14.7. The minimum absolute atomic E-state index is 0.0816. The number of unbranched alkanes of at least 4 members (excludes halogenated alkanes) is 2. The molecule has 3 aromatic carbocycles. The van der Waals surface area contributed by atoms with Gasteiger partial charge in [0.15, 0.2) is 11.6 Å². The van der Waals surface area contributed by atoms with Gasteiger partial charge in [0, 0.05) is 27.7 Å². The maximum Gasteiger partial charge on any atom is 0.333 e. The summed E-state index contributed by atoms with van der Waals surface area (Å²) >= 11 is 0.